The number of ether oxygens (including phenoxy) is 1. The number of aliphatic hydroxyl groups excluding tert-OH is 1. The second kappa shape index (κ2) is 9.62. The Morgan fingerprint density at radius 2 is 1.74 bits per heavy atom. The van der Waals surface area contributed by atoms with E-state index in [1.807, 2.05) is 24.3 Å². The van der Waals surface area contributed by atoms with E-state index in [2.05, 4.69) is 29.4 Å². The summed E-state index contributed by atoms with van der Waals surface area (Å²) in [6.07, 6.45) is 6.65. The van der Waals surface area contributed by atoms with Crippen LogP contribution in [0.1, 0.15) is 18.0 Å². The summed E-state index contributed by atoms with van der Waals surface area (Å²) in [5.74, 6) is 0.325. The topological polar surface area (TPSA) is 90.9 Å². The van der Waals surface area contributed by atoms with Crippen LogP contribution >= 0.6 is 10.0 Å². The number of rotatable bonds is 6. The molecule has 1 saturated heterocycles. The van der Waals surface area contributed by atoms with Gasteiger partial charge in [-0.25, -0.2) is 14.8 Å². The first-order chi connectivity index (χ1) is 14.7. The van der Waals surface area contributed by atoms with Crippen LogP contribution in [0.15, 0.2) is 53.4 Å². The van der Waals surface area contributed by atoms with Gasteiger partial charge in [0.15, 0.2) is 0 Å². The van der Waals surface area contributed by atoms with Crippen LogP contribution in [-0.2, 0) is 4.79 Å². The van der Waals surface area contributed by atoms with Crippen LogP contribution in [0.5, 0.6) is 5.75 Å². The molecule has 2 aromatic carbocycles. The minimum atomic E-state index is -0.885. The first-order valence-corrected chi connectivity index (χ1v) is 13.0. The Kier molecular flexibility index (Phi) is 7.12. The number of urea groups is 1. The van der Waals surface area contributed by atoms with Crippen LogP contribution in [0.3, 0.4) is 0 Å². The van der Waals surface area contributed by atoms with Crippen LogP contribution in [0.2, 0.25) is 0 Å². The van der Waals surface area contributed by atoms with Crippen LogP contribution in [0.25, 0.3) is 0 Å². The van der Waals surface area contributed by atoms with E-state index < -0.39 is 22.2 Å². The molecule has 1 heterocycles. The summed E-state index contributed by atoms with van der Waals surface area (Å²) in [6, 6.07) is 13.6. The molecular formula is C23H31N3O4S. The van der Waals surface area contributed by atoms with Crippen molar-refractivity contribution >= 4 is 27.7 Å². The minimum Gasteiger partial charge on any atom is -0.497 e. The molecule has 8 heteroatoms. The predicted octanol–water partition coefficient (Wildman–Crippen LogP) is 3.20. The Morgan fingerprint density at radius 1 is 1.10 bits per heavy atom. The van der Waals surface area contributed by atoms with E-state index in [-0.39, 0.29) is 18.5 Å². The molecule has 3 rings (SSSR count). The van der Waals surface area contributed by atoms with Gasteiger partial charge in [0.1, 0.15) is 11.8 Å². The van der Waals surface area contributed by atoms with Gasteiger partial charge in [-0.1, -0.05) is 12.1 Å². The molecular weight excluding hydrogens is 414 g/mol. The quantitative estimate of drug-likeness (QED) is 0.637. The zero-order chi connectivity index (χ0) is 22.6. The number of likely N-dealkylation sites (tertiary alicyclic amines) is 1. The summed E-state index contributed by atoms with van der Waals surface area (Å²) in [7, 11) is 0.721. The molecule has 3 amide bonds. The lowest BCUT2D eigenvalue weighted by atomic mass is 10.1. The number of hydrogen-bond donors (Lipinski definition) is 3. The summed E-state index contributed by atoms with van der Waals surface area (Å²) in [6.45, 7) is 0.722. The maximum atomic E-state index is 13.1. The van der Waals surface area contributed by atoms with Crippen molar-refractivity contribution < 1.29 is 19.4 Å². The molecule has 2 atom stereocenters. The molecule has 1 aliphatic heterocycles. The molecule has 3 N–H and O–H groups in total. The first kappa shape index (κ1) is 23.0. The third kappa shape index (κ3) is 5.92. The highest BCUT2D eigenvalue weighted by Gasteiger charge is 2.29. The van der Waals surface area contributed by atoms with E-state index in [9.17, 15) is 14.7 Å². The molecule has 0 spiro atoms. The number of aliphatic hydroxyl groups is 1. The van der Waals surface area contributed by atoms with E-state index in [1.165, 1.54) is 9.80 Å². The fraction of sp³-hybridized carbons (Fsp3) is 0.391. The number of amides is 3. The van der Waals surface area contributed by atoms with E-state index in [0.29, 0.717) is 30.0 Å². The number of nitrogens with one attached hydrogen (secondary N) is 2. The van der Waals surface area contributed by atoms with Crippen molar-refractivity contribution in [2.24, 2.45) is 0 Å². The lowest BCUT2D eigenvalue weighted by molar-refractivity contribution is -0.118. The monoisotopic (exact) mass is 445 g/mol. The average Bonchev–Trinajstić information content (AvgIpc) is 3.18. The molecule has 0 aromatic heterocycles. The predicted molar refractivity (Wildman–Crippen MR) is 125 cm³/mol. The molecule has 0 bridgehead atoms. The number of carbonyl (C=O) groups excluding carboxylic acids is 2. The second-order valence-electron chi connectivity index (χ2n) is 8.39. The van der Waals surface area contributed by atoms with Crippen molar-refractivity contribution in [3.63, 3.8) is 0 Å². The van der Waals surface area contributed by atoms with Crippen LogP contribution < -0.4 is 15.4 Å². The standard InChI is InChI=1S/C23H31N3O4S/c1-30-19-9-5-16(6-10-19)21(25-23(29)26-14-13-18(27)15-26)22(28)24-17-7-11-20(12-8-17)31(2,3)4/h5-12,18,21,27H,13-15H2,1-4H3,(H,24,28)(H,25,29)/t18-,21+/m0/s1. The van der Waals surface area contributed by atoms with Crippen LogP contribution in [0, 0.1) is 0 Å². The van der Waals surface area contributed by atoms with Crippen molar-refractivity contribution in [3.05, 3.63) is 54.1 Å². The van der Waals surface area contributed by atoms with E-state index in [0.717, 1.165) is 0 Å². The van der Waals surface area contributed by atoms with Gasteiger partial charge in [-0.2, -0.15) is 0 Å². The van der Waals surface area contributed by atoms with Gasteiger partial charge in [-0.05, 0) is 72.0 Å². The Balaban J connectivity index is 1.78. The maximum absolute atomic E-state index is 13.1. The maximum Gasteiger partial charge on any atom is 0.318 e. The average molecular weight is 446 g/mol. The van der Waals surface area contributed by atoms with E-state index in [1.54, 1.807) is 31.4 Å². The molecule has 0 aliphatic carbocycles. The summed E-state index contributed by atoms with van der Waals surface area (Å²) in [5.41, 5.74) is 1.31. The zero-order valence-electron chi connectivity index (χ0n) is 18.4. The van der Waals surface area contributed by atoms with Gasteiger partial charge >= 0.3 is 6.03 Å². The third-order valence-corrected chi connectivity index (χ3v) is 6.95. The molecule has 7 nitrogen and oxygen atoms in total. The normalized spacial score (nSPS) is 17.7. The summed E-state index contributed by atoms with van der Waals surface area (Å²) in [5, 5.41) is 15.5. The fourth-order valence-corrected chi connectivity index (χ4v) is 4.35. The fourth-order valence-electron chi connectivity index (χ4n) is 3.40. The minimum absolute atomic E-state index is 0.263. The van der Waals surface area contributed by atoms with Crippen LogP contribution in [0.4, 0.5) is 10.5 Å². The van der Waals surface area contributed by atoms with Gasteiger partial charge < -0.3 is 25.4 Å². The molecule has 31 heavy (non-hydrogen) atoms. The van der Waals surface area contributed by atoms with Crippen molar-refractivity contribution in [2.75, 3.05) is 44.3 Å². The molecule has 1 fully saturated rings. The molecule has 1 aliphatic rings. The molecule has 0 radical (unpaired) electrons. The second-order valence-corrected chi connectivity index (χ2v) is 12.5. The Hall–Kier alpha value is -2.71. The molecule has 168 valence electrons. The van der Waals surface area contributed by atoms with Gasteiger partial charge in [-0.3, -0.25) is 4.79 Å². The Labute approximate surface area is 185 Å². The number of benzene rings is 2. The molecule has 0 unspecified atom stereocenters. The number of methoxy groups -OCH3 is 1. The zero-order valence-corrected chi connectivity index (χ0v) is 19.2. The third-order valence-electron chi connectivity index (χ3n) is 5.26. The number of carbonyl (C=O) groups is 2. The lowest BCUT2D eigenvalue weighted by Gasteiger charge is -2.26. The highest BCUT2D eigenvalue weighted by molar-refractivity contribution is 8.32. The van der Waals surface area contributed by atoms with E-state index >= 15 is 0 Å². The van der Waals surface area contributed by atoms with Gasteiger partial charge in [0.05, 0.1) is 13.2 Å². The molecule has 0 saturated carbocycles. The van der Waals surface area contributed by atoms with Crippen molar-refractivity contribution in [2.45, 2.75) is 23.5 Å². The van der Waals surface area contributed by atoms with Crippen molar-refractivity contribution in [1.82, 2.24) is 10.2 Å². The summed E-state index contributed by atoms with van der Waals surface area (Å²) < 4.78 is 5.20. The largest absolute Gasteiger partial charge is 0.497 e. The number of anilines is 1. The Bertz CT molecular complexity index is 910. The van der Waals surface area contributed by atoms with Crippen molar-refractivity contribution in [3.8, 4) is 5.75 Å². The highest BCUT2D eigenvalue weighted by atomic mass is 32.3. The number of β-amino-alcohol motifs (C(OH)–C–C–N with tert-alkyl or cyclic N) is 1. The van der Waals surface area contributed by atoms with Gasteiger partial charge in [0.2, 0.25) is 0 Å². The summed E-state index contributed by atoms with van der Waals surface area (Å²) in [4.78, 5) is 28.6. The SMILES string of the molecule is COc1ccc([C@@H](NC(=O)N2CC[C@H](O)C2)C(=O)Nc2ccc(S(C)(C)C)cc2)cc1. The first-order valence-electron chi connectivity index (χ1n) is 10.1. The van der Waals surface area contributed by atoms with Crippen molar-refractivity contribution in [1.29, 1.82) is 0 Å². The highest BCUT2D eigenvalue weighted by Crippen LogP contribution is 2.45. The lowest BCUT2D eigenvalue weighted by Crippen LogP contribution is -2.44. The van der Waals surface area contributed by atoms with Crippen LogP contribution in [-0.4, -0.2) is 67.0 Å². The van der Waals surface area contributed by atoms with E-state index in [4.69, 9.17) is 4.74 Å². The Morgan fingerprint density at radius 3 is 2.26 bits per heavy atom. The van der Waals surface area contributed by atoms with Gasteiger partial charge in [-0.15, -0.1) is 0 Å². The number of nitrogens with zero attached hydrogens (tertiary/aromatic N) is 1. The number of hydrogen-bond acceptors (Lipinski definition) is 4. The van der Waals surface area contributed by atoms with Gasteiger partial charge in [0.25, 0.3) is 5.91 Å². The summed E-state index contributed by atoms with van der Waals surface area (Å²) >= 11 is 0. The van der Waals surface area contributed by atoms with Gasteiger partial charge in [0, 0.05) is 18.8 Å². The molecule has 2 aromatic rings. The smallest absolute Gasteiger partial charge is 0.318 e.